The van der Waals surface area contributed by atoms with Gasteiger partial charge in [0.15, 0.2) is 3.95 Å². The van der Waals surface area contributed by atoms with Gasteiger partial charge in [-0.1, -0.05) is 18.2 Å². The number of aromatic amines is 2. The maximum atomic E-state index is 9.53. The maximum absolute atomic E-state index is 9.53. The average Bonchev–Trinajstić information content (AvgIpc) is 3.08. The van der Waals surface area contributed by atoms with Crippen LogP contribution in [0.25, 0.3) is 10.9 Å². The minimum absolute atomic E-state index is 0.120. The van der Waals surface area contributed by atoms with Crippen LogP contribution in [0.3, 0.4) is 0 Å². The molecule has 0 radical (unpaired) electrons. The zero-order valence-corrected chi connectivity index (χ0v) is 12.8. The number of nitrogens with one attached hydrogen (secondary N) is 2. The minimum atomic E-state index is -0.275. The van der Waals surface area contributed by atoms with Gasteiger partial charge in [0.1, 0.15) is 11.6 Å². The summed E-state index contributed by atoms with van der Waals surface area (Å²) in [5, 5.41) is 10.6. The second-order valence-corrected chi connectivity index (χ2v) is 6.64. The van der Waals surface area contributed by atoms with Gasteiger partial charge in [0.05, 0.1) is 10.8 Å². The van der Waals surface area contributed by atoms with Gasteiger partial charge < -0.3 is 20.4 Å². The zero-order chi connectivity index (χ0) is 15.3. The standard InChI is InChI=1S/C15H10N4OS2/c16-5-8-11(9-6-18-10-4-2-1-3-7(9)10)12-14(20-13(8)17)19-15(21)22-12/h1-4,6,11,18H,17H2,(H,19,21). The Bertz CT molecular complexity index is 1020. The fourth-order valence-electron chi connectivity index (χ4n) is 2.78. The van der Waals surface area contributed by atoms with Crippen LogP contribution in [0.4, 0.5) is 0 Å². The van der Waals surface area contributed by atoms with Crippen molar-refractivity contribution in [2.45, 2.75) is 5.92 Å². The van der Waals surface area contributed by atoms with Crippen molar-refractivity contribution < 1.29 is 4.74 Å². The van der Waals surface area contributed by atoms with Crippen LogP contribution in [0.15, 0.2) is 41.9 Å². The van der Waals surface area contributed by atoms with Crippen LogP contribution in [0.5, 0.6) is 5.88 Å². The maximum Gasteiger partial charge on any atom is 0.215 e. The van der Waals surface area contributed by atoms with Gasteiger partial charge in [0, 0.05) is 17.1 Å². The molecule has 0 amide bonds. The fraction of sp³-hybridized carbons (Fsp3) is 0.0667. The second kappa shape index (κ2) is 4.73. The lowest BCUT2D eigenvalue weighted by Crippen LogP contribution is -2.20. The van der Waals surface area contributed by atoms with Crippen LogP contribution in [0.1, 0.15) is 16.4 Å². The number of H-pyrrole nitrogens is 2. The first-order valence-electron chi connectivity index (χ1n) is 6.55. The van der Waals surface area contributed by atoms with Gasteiger partial charge in [-0.2, -0.15) is 5.26 Å². The predicted molar refractivity (Wildman–Crippen MR) is 87.1 cm³/mol. The number of hydrogen-bond donors (Lipinski definition) is 3. The summed E-state index contributed by atoms with van der Waals surface area (Å²) in [5.41, 5.74) is 8.34. The summed E-state index contributed by atoms with van der Waals surface area (Å²) in [6, 6.07) is 10.1. The largest absolute Gasteiger partial charge is 0.423 e. The number of allylic oxidation sites excluding steroid dienone is 1. The molecule has 4 N–H and O–H groups in total. The number of nitrogens with two attached hydrogens (primary N) is 1. The van der Waals surface area contributed by atoms with Gasteiger partial charge >= 0.3 is 0 Å². The molecule has 22 heavy (non-hydrogen) atoms. The molecule has 0 fully saturated rings. The third-order valence-corrected chi connectivity index (χ3v) is 5.00. The molecule has 0 saturated carbocycles. The number of nitrogens with zero attached hydrogens (tertiary/aromatic N) is 1. The van der Waals surface area contributed by atoms with Crippen LogP contribution in [0, 0.1) is 15.3 Å². The number of rotatable bonds is 1. The molecule has 1 aromatic carbocycles. The molecule has 0 saturated heterocycles. The molecule has 1 aliphatic heterocycles. The Morgan fingerprint density at radius 2 is 2.18 bits per heavy atom. The molecule has 0 bridgehead atoms. The van der Waals surface area contributed by atoms with Crippen molar-refractivity contribution in [1.82, 2.24) is 9.97 Å². The number of nitriles is 1. The van der Waals surface area contributed by atoms with Gasteiger partial charge in [-0.15, -0.1) is 11.3 Å². The normalized spacial score (nSPS) is 17.1. The number of aromatic nitrogens is 2. The molecule has 1 unspecified atom stereocenters. The molecule has 2 aromatic heterocycles. The molecule has 108 valence electrons. The van der Waals surface area contributed by atoms with E-state index in [0.717, 1.165) is 21.3 Å². The monoisotopic (exact) mass is 326 g/mol. The molecular formula is C15H10N4OS2. The summed E-state index contributed by atoms with van der Waals surface area (Å²) in [5.74, 6) is 0.374. The highest BCUT2D eigenvalue weighted by atomic mass is 32.1. The van der Waals surface area contributed by atoms with E-state index in [2.05, 4.69) is 16.0 Å². The first kappa shape index (κ1) is 13.1. The van der Waals surface area contributed by atoms with Crippen molar-refractivity contribution in [1.29, 1.82) is 5.26 Å². The van der Waals surface area contributed by atoms with Crippen LogP contribution in [-0.4, -0.2) is 9.97 Å². The lowest BCUT2D eigenvalue weighted by molar-refractivity contribution is 0.382. The van der Waals surface area contributed by atoms with Crippen LogP contribution in [-0.2, 0) is 0 Å². The highest BCUT2D eigenvalue weighted by Gasteiger charge is 2.34. The van der Waals surface area contributed by atoms with Crippen LogP contribution >= 0.6 is 23.6 Å². The summed E-state index contributed by atoms with van der Waals surface area (Å²) < 4.78 is 6.11. The zero-order valence-electron chi connectivity index (χ0n) is 11.2. The minimum Gasteiger partial charge on any atom is -0.423 e. The molecule has 1 atom stereocenters. The van der Waals surface area contributed by atoms with Crippen molar-refractivity contribution in [2.75, 3.05) is 0 Å². The van der Waals surface area contributed by atoms with Crippen molar-refractivity contribution >= 4 is 34.5 Å². The summed E-state index contributed by atoms with van der Waals surface area (Å²) in [6.45, 7) is 0. The first-order valence-corrected chi connectivity index (χ1v) is 7.78. The summed E-state index contributed by atoms with van der Waals surface area (Å²) in [7, 11) is 0. The van der Waals surface area contributed by atoms with E-state index < -0.39 is 0 Å². The number of para-hydroxylation sites is 1. The first-order chi connectivity index (χ1) is 10.7. The summed E-state index contributed by atoms with van der Waals surface area (Å²) in [6.07, 6.45) is 1.91. The van der Waals surface area contributed by atoms with Crippen molar-refractivity contribution in [3.63, 3.8) is 0 Å². The number of hydrogen-bond acceptors (Lipinski definition) is 5. The van der Waals surface area contributed by atoms with E-state index in [1.54, 1.807) is 0 Å². The molecule has 7 heteroatoms. The van der Waals surface area contributed by atoms with Crippen molar-refractivity contribution in [3.8, 4) is 11.9 Å². The molecular weight excluding hydrogens is 316 g/mol. The van der Waals surface area contributed by atoms with E-state index >= 15 is 0 Å². The Labute approximate surface area is 134 Å². The highest BCUT2D eigenvalue weighted by molar-refractivity contribution is 7.73. The highest BCUT2D eigenvalue weighted by Crippen LogP contribution is 2.45. The van der Waals surface area contributed by atoms with Crippen LogP contribution < -0.4 is 10.5 Å². The van der Waals surface area contributed by atoms with E-state index in [4.69, 9.17) is 22.7 Å². The van der Waals surface area contributed by atoms with Crippen molar-refractivity contribution in [2.24, 2.45) is 5.73 Å². The fourth-order valence-corrected chi connectivity index (χ4v) is 4.03. The Hall–Kier alpha value is -2.56. The summed E-state index contributed by atoms with van der Waals surface area (Å²) in [4.78, 5) is 7.10. The molecule has 0 aliphatic carbocycles. The van der Waals surface area contributed by atoms with E-state index in [1.807, 2.05) is 30.5 Å². The molecule has 3 aromatic rings. The lowest BCUT2D eigenvalue weighted by Gasteiger charge is -2.22. The molecule has 1 aliphatic rings. The molecule has 3 heterocycles. The number of ether oxygens (including phenoxy) is 1. The SMILES string of the molecule is N#CC1=C(N)Oc2[nH]c(=S)sc2C1c1c[nH]c2ccccc12. The quantitative estimate of drug-likeness (QED) is 0.597. The third kappa shape index (κ3) is 1.78. The van der Waals surface area contributed by atoms with Gasteiger partial charge in [-0.3, -0.25) is 0 Å². The number of benzene rings is 1. The smallest absolute Gasteiger partial charge is 0.215 e. The van der Waals surface area contributed by atoms with Gasteiger partial charge in [0.25, 0.3) is 0 Å². The summed E-state index contributed by atoms with van der Waals surface area (Å²) >= 11 is 6.61. The number of thiazole rings is 1. The predicted octanol–water partition coefficient (Wildman–Crippen LogP) is 3.51. The molecule has 5 nitrogen and oxygen atoms in total. The number of fused-ring (bicyclic) bond motifs is 2. The van der Waals surface area contributed by atoms with E-state index in [-0.39, 0.29) is 11.8 Å². The molecule has 0 spiro atoms. The Morgan fingerprint density at radius 1 is 1.36 bits per heavy atom. The van der Waals surface area contributed by atoms with Gasteiger partial charge in [-0.25, -0.2) is 0 Å². The Balaban J connectivity index is 2.03. The Morgan fingerprint density at radius 3 is 3.00 bits per heavy atom. The second-order valence-electron chi connectivity index (χ2n) is 4.92. The Kier molecular flexibility index (Phi) is 2.82. The van der Waals surface area contributed by atoms with Crippen LogP contribution in [0.2, 0.25) is 0 Å². The molecule has 4 rings (SSSR count). The van der Waals surface area contributed by atoms with Crippen molar-refractivity contribution in [3.05, 3.63) is 56.3 Å². The van der Waals surface area contributed by atoms with Gasteiger partial charge in [0.2, 0.25) is 11.8 Å². The third-order valence-electron chi connectivity index (χ3n) is 3.72. The van der Waals surface area contributed by atoms with E-state index in [1.165, 1.54) is 11.3 Å². The topological polar surface area (TPSA) is 90.6 Å². The van der Waals surface area contributed by atoms with Gasteiger partial charge in [-0.05, 0) is 23.8 Å². The van der Waals surface area contributed by atoms with E-state index in [9.17, 15) is 5.26 Å². The van der Waals surface area contributed by atoms with E-state index in [0.29, 0.717) is 15.4 Å². The average molecular weight is 326 g/mol. The lowest BCUT2D eigenvalue weighted by atomic mass is 9.89.